The molecule has 0 aliphatic rings. The quantitative estimate of drug-likeness (QED) is 0.0261. The fourth-order valence-corrected chi connectivity index (χ4v) is 9.44. The summed E-state index contributed by atoms with van der Waals surface area (Å²) in [6.07, 6.45) is 85.9. The maximum absolute atomic E-state index is 12.9. The molecule has 1 unspecified atom stereocenters. The lowest BCUT2D eigenvalue weighted by Gasteiger charge is -2.18. The molecule has 0 amide bonds. The summed E-state index contributed by atoms with van der Waals surface area (Å²) >= 11 is 0. The molecular weight excluding hydrogens is 949 g/mol. The van der Waals surface area contributed by atoms with E-state index in [1.807, 2.05) is 0 Å². The van der Waals surface area contributed by atoms with Crippen LogP contribution in [0.4, 0.5) is 0 Å². The highest BCUT2D eigenvalue weighted by atomic mass is 16.6. The predicted octanol–water partition coefficient (Wildman–Crippen LogP) is 22.7. The van der Waals surface area contributed by atoms with Crippen LogP contribution in [-0.2, 0) is 28.6 Å². The van der Waals surface area contributed by atoms with Gasteiger partial charge in [0, 0.05) is 19.3 Å². The van der Waals surface area contributed by atoms with E-state index in [0.29, 0.717) is 19.3 Å². The van der Waals surface area contributed by atoms with E-state index in [1.165, 1.54) is 186 Å². The summed E-state index contributed by atoms with van der Waals surface area (Å²) in [6, 6.07) is 0. The van der Waals surface area contributed by atoms with Crippen molar-refractivity contribution in [2.75, 3.05) is 13.2 Å². The van der Waals surface area contributed by atoms with Crippen LogP contribution in [0.1, 0.15) is 329 Å². The third kappa shape index (κ3) is 63.3. The van der Waals surface area contributed by atoms with Gasteiger partial charge in [0.05, 0.1) is 0 Å². The topological polar surface area (TPSA) is 78.9 Å². The summed E-state index contributed by atoms with van der Waals surface area (Å²) in [5.74, 6) is -0.877. The van der Waals surface area contributed by atoms with E-state index in [9.17, 15) is 14.4 Å². The molecule has 0 aliphatic heterocycles. The largest absolute Gasteiger partial charge is 0.462 e. The number of unbranched alkanes of at least 4 members (excludes halogenated alkanes) is 35. The van der Waals surface area contributed by atoms with Crippen LogP contribution in [0.2, 0.25) is 0 Å². The SMILES string of the molecule is CC/C=C\C/C=C\C/C=C\C/C=C\C/C=C\CCCCCCCCCC(=O)OC(COC(=O)CCCCCCCCCCCCC)COC(=O)CCCCCCCCCCCCCCC/C=C\C/C=C\CCCCCCC. The van der Waals surface area contributed by atoms with Crippen LogP contribution in [0, 0.1) is 0 Å². The molecule has 0 rings (SSSR count). The molecule has 0 spiro atoms. The Balaban J connectivity index is 4.28. The van der Waals surface area contributed by atoms with E-state index in [2.05, 4.69) is 106 Å². The van der Waals surface area contributed by atoms with Crippen molar-refractivity contribution in [3.05, 3.63) is 85.1 Å². The Hall–Kier alpha value is -3.41. The first-order valence-corrected chi connectivity index (χ1v) is 33.1. The predicted molar refractivity (Wildman–Crippen MR) is 334 cm³/mol. The van der Waals surface area contributed by atoms with Crippen LogP contribution in [-0.4, -0.2) is 37.2 Å². The van der Waals surface area contributed by atoms with Crippen molar-refractivity contribution in [3.8, 4) is 0 Å². The number of carbonyl (C=O) groups is 3. The van der Waals surface area contributed by atoms with E-state index in [-0.39, 0.29) is 31.1 Å². The van der Waals surface area contributed by atoms with E-state index in [1.54, 1.807) is 0 Å². The molecule has 6 heteroatoms. The molecule has 0 fully saturated rings. The van der Waals surface area contributed by atoms with Crippen molar-refractivity contribution < 1.29 is 28.6 Å². The number of rotatable bonds is 60. The molecule has 0 radical (unpaired) electrons. The summed E-state index contributed by atoms with van der Waals surface area (Å²) in [5.41, 5.74) is 0. The van der Waals surface area contributed by atoms with Crippen molar-refractivity contribution >= 4 is 17.9 Å². The molecule has 77 heavy (non-hydrogen) atoms. The van der Waals surface area contributed by atoms with Crippen LogP contribution in [0.5, 0.6) is 0 Å². The van der Waals surface area contributed by atoms with Gasteiger partial charge in [-0.1, -0.05) is 298 Å². The number of allylic oxidation sites excluding steroid dienone is 14. The maximum Gasteiger partial charge on any atom is 0.306 e. The van der Waals surface area contributed by atoms with Gasteiger partial charge in [-0.15, -0.1) is 0 Å². The lowest BCUT2D eigenvalue weighted by molar-refractivity contribution is -0.167. The van der Waals surface area contributed by atoms with Crippen molar-refractivity contribution in [2.45, 2.75) is 335 Å². The first-order chi connectivity index (χ1) is 38.0. The average Bonchev–Trinajstić information content (AvgIpc) is 3.43. The second kappa shape index (κ2) is 65.1. The van der Waals surface area contributed by atoms with Gasteiger partial charge in [-0.25, -0.2) is 0 Å². The summed E-state index contributed by atoms with van der Waals surface area (Å²) in [7, 11) is 0. The molecule has 6 nitrogen and oxygen atoms in total. The third-order valence-corrected chi connectivity index (χ3v) is 14.4. The monoisotopic (exact) mass is 1070 g/mol. The van der Waals surface area contributed by atoms with Gasteiger partial charge in [0.15, 0.2) is 6.10 Å². The van der Waals surface area contributed by atoms with Gasteiger partial charge < -0.3 is 14.2 Å². The molecule has 0 N–H and O–H groups in total. The normalized spacial score (nSPS) is 12.6. The van der Waals surface area contributed by atoms with Crippen molar-refractivity contribution in [2.24, 2.45) is 0 Å². The smallest absolute Gasteiger partial charge is 0.306 e. The van der Waals surface area contributed by atoms with Gasteiger partial charge in [-0.2, -0.15) is 0 Å². The second-order valence-electron chi connectivity index (χ2n) is 22.0. The minimum atomic E-state index is -0.782. The summed E-state index contributed by atoms with van der Waals surface area (Å²) in [5, 5.41) is 0. The zero-order valence-electron chi connectivity index (χ0n) is 51.0. The van der Waals surface area contributed by atoms with Gasteiger partial charge in [0.1, 0.15) is 13.2 Å². The highest BCUT2D eigenvalue weighted by Gasteiger charge is 2.19. The Morgan fingerprint density at radius 3 is 0.792 bits per heavy atom. The molecule has 0 saturated heterocycles. The molecule has 0 aliphatic carbocycles. The number of ether oxygens (including phenoxy) is 3. The van der Waals surface area contributed by atoms with Crippen LogP contribution in [0.25, 0.3) is 0 Å². The Morgan fingerprint density at radius 2 is 0.506 bits per heavy atom. The highest BCUT2D eigenvalue weighted by molar-refractivity contribution is 5.71. The Bertz CT molecular complexity index is 1470. The van der Waals surface area contributed by atoms with Gasteiger partial charge in [0.25, 0.3) is 0 Å². The van der Waals surface area contributed by atoms with Crippen LogP contribution in [0.15, 0.2) is 85.1 Å². The van der Waals surface area contributed by atoms with Gasteiger partial charge in [-0.3, -0.25) is 14.4 Å². The van der Waals surface area contributed by atoms with Crippen molar-refractivity contribution in [3.63, 3.8) is 0 Å². The van der Waals surface area contributed by atoms with E-state index < -0.39 is 6.10 Å². The molecule has 0 aromatic carbocycles. The minimum Gasteiger partial charge on any atom is -0.462 e. The number of esters is 3. The van der Waals surface area contributed by atoms with E-state index in [4.69, 9.17) is 14.2 Å². The summed E-state index contributed by atoms with van der Waals surface area (Å²) < 4.78 is 16.9. The molecular formula is C71H124O6. The molecule has 0 saturated carbocycles. The fraction of sp³-hybridized carbons (Fsp3) is 0.761. The average molecular weight is 1070 g/mol. The molecule has 0 bridgehead atoms. The lowest BCUT2D eigenvalue weighted by atomic mass is 10.0. The van der Waals surface area contributed by atoms with Crippen molar-refractivity contribution in [1.82, 2.24) is 0 Å². The minimum absolute atomic E-state index is 0.0782. The third-order valence-electron chi connectivity index (χ3n) is 14.4. The first kappa shape index (κ1) is 73.6. The standard InChI is InChI=1S/C71H124O6/c1-4-7-10-13-16-19-22-24-26-28-30-32-34-35-37-38-40-42-44-46-49-52-55-58-61-64-70(73)76-67-68(66-75-69(72)63-60-57-54-51-48-21-18-15-12-9-6-3)77-71(74)65-62-59-56-53-50-47-45-43-41-39-36-33-31-29-27-25-23-20-17-14-11-8-5-2/h8,11,17,20,22,24-25,27-28,30-31,33,39,41,68H,4-7,9-10,12-16,18-19,21,23,26,29,32,34-38,40,42-67H2,1-3H3/b11-8-,20-17-,24-22-,27-25-,30-28-,33-31-,41-39-. The summed E-state index contributed by atoms with van der Waals surface area (Å²) in [6.45, 7) is 6.54. The highest BCUT2D eigenvalue weighted by Crippen LogP contribution is 2.17. The number of hydrogen-bond donors (Lipinski definition) is 0. The van der Waals surface area contributed by atoms with Crippen LogP contribution in [0.3, 0.4) is 0 Å². The van der Waals surface area contributed by atoms with Crippen molar-refractivity contribution in [1.29, 1.82) is 0 Å². The maximum atomic E-state index is 12.9. The molecule has 0 aromatic heterocycles. The lowest BCUT2D eigenvalue weighted by Crippen LogP contribution is -2.30. The van der Waals surface area contributed by atoms with Crippen LogP contribution < -0.4 is 0 Å². The van der Waals surface area contributed by atoms with Gasteiger partial charge in [-0.05, 0) is 96.3 Å². The molecule has 1 atom stereocenters. The Kier molecular flexibility index (Phi) is 62.2. The zero-order chi connectivity index (χ0) is 55.7. The fourth-order valence-electron chi connectivity index (χ4n) is 9.44. The van der Waals surface area contributed by atoms with E-state index in [0.717, 1.165) is 103 Å². The Labute approximate surface area is 477 Å². The molecule has 0 aromatic rings. The number of hydrogen-bond acceptors (Lipinski definition) is 6. The zero-order valence-corrected chi connectivity index (χ0v) is 51.0. The summed E-state index contributed by atoms with van der Waals surface area (Å²) in [4.78, 5) is 38.3. The second-order valence-corrected chi connectivity index (χ2v) is 22.0. The molecule has 0 heterocycles. The first-order valence-electron chi connectivity index (χ1n) is 33.1. The number of carbonyl (C=O) groups excluding carboxylic acids is 3. The van der Waals surface area contributed by atoms with Gasteiger partial charge in [0.2, 0.25) is 0 Å². The van der Waals surface area contributed by atoms with Gasteiger partial charge >= 0.3 is 17.9 Å². The Morgan fingerprint density at radius 1 is 0.273 bits per heavy atom. The molecule has 444 valence electrons. The van der Waals surface area contributed by atoms with E-state index >= 15 is 0 Å². The van der Waals surface area contributed by atoms with Crippen LogP contribution >= 0.6 is 0 Å².